The van der Waals surface area contributed by atoms with Crippen LogP contribution < -0.4 is 10.6 Å². The Bertz CT molecular complexity index is 668. The molecule has 6 atom stereocenters. The molecule has 4 saturated heterocycles. The zero-order valence-corrected chi connectivity index (χ0v) is 26.6. The van der Waals surface area contributed by atoms with Gasteiger partial charge in [-0.25, -0.2) is 0 Å². The van der Waals surface area contributed by atoms with E-state index in [4.69, 9.17) is 47.4 Å². The highest BCUT2D eigenvalue weighted by Crippen LogP contribution is 2.22. The summed E-state index contributed by atoms with van der Waals surface area (Å²) < 4.78 is 56.7. The molecule has 0 aromatic heterocycles. The summed E-state index contributed by atoms with van der Waals surface area (Å²) in [6, 6.07) is 0. The molecule has 0 radical (unpaired) electrons. The summed E-state index contributed by atoms with van der Waals surface area (Å²) in [7, 11) is 0. The molecule has 0 spiro atoms. The van der Waals surface area contributed by atoms with E-state index < -0.39 is 23.4 Å². The Balaban J connectivity index is 1.05. The molecule has 4 aliphatic heterocycles. The molecule has 0 aliphatic carbocycles. The third kappa shape index (κ3) is 15.4. The normalized spacial score (nSPS) is 27.8. The second-order valence-corrected chi connectivity index (χ2v) is 12.3. The molecule has 4 fully saturated rings. The molecule has 4 aliphatic rings. The van der Waals surface area contributed by atoms with Crippen LogP contribution in [0.3, 0.4) is 0 Å². The summed E-state index contributed by atoms with van der Waals surface area (Å²) >= 11 is 0. The van der Waals surface area contributed by atoms with E-state index in [1.165, 1.54) is 0 Å². The fourth-order valence-corrected chi connectivity index (χ4v) is 4.40. The van der Waals surface area contributed by atoms with Gasteiger partial charge in [0, 0.05) is 26.2 Å². The van der Waals surface area contributed by atoms with Gasteiger partial charge in [0.1, 0.15) is 35.6 Å². The Morgan fingerprint density at radius 3 is 1.14 bits per heavy atom. The lowest BCUT2D eigenvalue weighted by Gasteiger charge is -2.33. The molecule has 0 amide bonds. The molecule has 0 aromatic rings. The van der Waals surface area contributed by atoms with Crippen molar-refractivity contribution in [2.45, 2.75) is 74.5 Å². The van der Waals surface area contributed by atoms with E-state index in [-0.39, 0.29) is 37.6 Å². The number of ether oxygens (including phenoxy) is 10. The lowest BCUT2D eigenvalue weighted by Crippen LogP contribution is -2.46. The SMILES string of the molecule is CCC(COCC1CO1)(COCC1CO1)OCC(O)CNCCNCC(O)COC(CC)(COCC1CO1)COCC1CO1. The molecule has 0 bridgehead atoms. The summed E-state index contributed by atoms with van der Waals surface area (Å²) in [5.41, 5.74) is -1.29. The van der Waals surface area contributed by atoms with Gasteiger partial charge >= 0.3 is 0 Å². The van der Waals surface area contributed by atoms with Gasteiger partial charge in [-0.1, -0.05) is 13.8 Å². The van der Waals surface area contributed by atoms with Crippen LogP contribution in [-0.2, 0) is 47.4 Å². The molecule has 4 N–H and O–H groups in total. The minimum absolute atomic E-state index is 0.158. The van der Waals surface area contributed by atoms with Crippen LogP contribution in [0.1, 0.15) is 26.7 Å². The van der Waals surface area contributed by atoms with Crippen molar-refractivity contribution in [2.24, 2.45) is 0 Å². The standard InChI is InChI=1S/C30H56N2O12/c1-3-29(19-35-11-25-15-39-25,20-36-12-26-16-40-26)43-9-23(33)7-31-5-6-32-8-24(34)10-44-30(4-2,21-37-13-27-17-41-27)22-38-14-28-18-42-28/h23-28,31-34H,3-22H2,1-2H3. The van der Waals surface area contributed by atoms with Crippen LogP contribution in [0.25, 0.3) is 0 Å². The van der Waals surface area contributed by atoms with Crippen molar-refractivity contribution in [1.29, 1.82) is 0 Å². The van der Waals surface area contributed by atoms with Crippen molar-refractivity contribution in [3.8, 4) is 0 Å². The van der Waals surface area contributed by atoms with Crippen LogP contribution in [0.4, 0.5) is 0 Å². The largest absolute Gasteiger partial charge is 0.389 e. The van der Waals surface area contributed by atoms with Crippen LogP contribution in [0.5, 0.6) is 0 Å². The number of aliphatic hydroxyl groups is 2. The molecule has 0 saturated carbocycles. The second-order valence-electron chi connectivity index (χ2n) is 12.3. The smallest absolute Gasteiger partial charge is 0.114 e. The quantitative estimate of drug-likeness (QED) is 0.0533. The van der Waals surface area contributed by atoms with E-state index in [0.717, 1.165) is 26.4 Å². The Kier molecular flexibility index (Phi) is 15.9. The average Bonchev–Trinajstić information content (AvgIpc) is 3.83. The van der Waals surface area contributed by atoms with E-state index in [9.17, 15) is 10.2 Å². The molecular formula is C30H56N2O12. The van der Waals surface area contributed by atoms with Crippen LogP contribution in [0.2, 0.25) is 0 Å². The van der Waals surface area contributed by atoms with E-state index in [1.54, 1.807) is 0 Å². The van der Waals surface area contributed by atoms with Crippen molar-refractivity contribution in [2.75, 3.05) is 119 Å². The zero-order valence-electron chi connectivity index (χ0n) is 26.6. The van der Waals surface area contributed by atoms with Crippen molar-refractivity contribution in [3.63, 3.8) is 0 Å². The highest BCUT2D eigenvalue weighted by Gasteiger charge is 2.35. The van der Waals surface area contributed by atoms with Gasteiger partial charge < -0.3 is 68.2 Å². The number of nitrogens with one attached hydrogen (secondary N) is 2. The van der Waals surface area contributed by atoms with Crippen molar-refractivity contribution in [3.05, 3.63) is 0 Å². The average molecular weight is 637 g/mol. The van der Waals surface area contributed by atoms with Crippen molar-refractivity contribution < 1.29 is 57.6 Å². The molecule has 14 heteroatoms. The first kappa shape index (κ1) is 36.3. The predicted molar refractivity (Wildman–Crippen MR) is 158 cm³/mol. The number of epoxide rings is 4. The monoisotopic (exact) mass is 636 g/mol. The Labute approximate surface area is 261 Å². The molecule has 14 nitrogen and oxygen atoms in total. The number of hydrogen-bond acceptors (Lipinski definition) is 14. The van der Waals surface area contributed by atoms with Gasteiger partial charge in [0.2, 0.25) is 0 Å². The van der Waals surface area contributed by atoms with Gasteiger partial charge in [0.05, 0.1) is 105 Å². The Morgan fingerprint density at radius 2 is 0.886 bits per heavy atom. The van der Waals surface area contributed by atoms with Gasteiger partial charge in [0.15, 0.2) is 0 Å². The summed E-state index contributed by atoms with van der Waals surface area (Å²) in [6.07, 6.45) is 0.677. The lowest BCUT2D eigenvalue weighted by molar-refractivity contribution is -0.154. The second kappa shape index (κ2) is 19.3. The van der Waals surface area contributed by atoms with E-state index in [2.05, 4.69) is 10.6 Å². The van der Waals surface area contributed by atoms with E-state index in [0.29, 0.717) is 91.9 Å². The van der Waals surface area contributed by atoms with Gasteiger partial charge in [-0.05, 0) is 12.8 Å². The molecule has 4 heterocycles. The lowest BCUT2D eigenvalue weighted by atomic mass is 10.0. The van der Waals surface area contributed by atoms with E-state index in [1.807, 2.05) is 13.8 Å². The Hall–Kier alpha value is -0.560. The number of hydrogen-bond donors (Lipinski definition) is 4. The van der Waals surface area contributed by atoms with Gasteiger partial charge in [-0.3, -0.25) is 0 Å². The fraction of sp³-hybridized carbons (Fsp3) is 1.00. The first-order valence-corrected chi connectivity index (χ1v) is 16.3. The van der Waals surface area contributed by atoms with Crippen LogP contribution in [0.15, 0.2) is 0 Å². The maximum atomic E-state index is 10.5. The zero-order chi connectivity index (χ0) is 31.1. The predicted octanol–water partition coefficient (Wildman–Crippen LogP) is -1.12. The first-order chi connectivity index (χ1) is 21.4. The number of aliphatic hydroxyl groups excluding tert-OH is 2. The molecule has 258 valence electrons. The van der Waals surface area contributed by atoms with Crippen molar-refractivity contribution >= 4 is 0 Å². The summed E-state index contributed by atoms with van der Waals surface area (Å²) in [5.74, 6) is 0. The highest BCUT2D eigenvalue weighted by atomic mass is 16.6. The number of rotatable bonds is 31. The summed E-state index contributed by atoms with van der Waals surface area (Å²) in [4.78, 5) is 0. The topological polar surface area (TPSA) is 170 Å². The third-order valence-corrected chi connectivity index (χ3v) is 7.98. The maximum Gasteiger partial charge on any atom is 0.114 e. The molecular weight excluding hydrogens is 580 g/mol. The highest BCUT2D eigenvalue weighted by molar-refractivity contribution is 4.83. The summed E-state index contributed by atoms with van der Waals surface area (Å²) in [5, 5.41) is 27.5. The minimum atomic E-state index is -0.692. The fourth-order valence-electron chi connectivity index (χ4n) is 4.40. The maximum absolute atomic E-state index is 10.5. The first-order valence-electron chi connectivity index (χ1n) is 16.3. The van der Waals surface area contributed by atoms with Gasteiger partial charge in [-0.15, -0.1) is 0 Å². The molecule has 6 unspecified atom stereocenters. The molecule has 44 heavy (non-hydrogen) atoms. The van der Waals surface area contributed by atoms with E-state index >= 15 is 0 Å². The summed E-state index contributed by atoms with van der Waals surface area (Å²) in [6.45, 7) is 12.9. The van der Waals surface area contributed by atoms with Crippen LogP contribution in [-0.4, -0.2) is 177 Å². The minimum Gasteiger partial charge on any atom is -0.389 e. The van der Waals surface area contributed by atoms with Crippen LogP contribution in [0, 0.1) is 0 Å². The van der Waals surface area contributed by atoms with Crippen molar-refractivity contribution in [1.82, 2.24) is 10.6 Å². The third-order valence-electron chi connectivity index (χ3n) is 7.98. The Morgan fingerprint density at radius 1 is 0.591 bits per heavy atom. The molecule has 0 aromatic carbocycles. The van der Waals surface area contributed by atoms with Gasteiger partial charge in [-0.2, -0.15) is 0 Å². The van der Waals surface area contributed by atoms with Crippen LogP contribution >= 0.6 is 0 Å². The van der Waals surface area contributed by atoms with Gasteiger partial charge in [0.25, 0.3) is 0 Å². The molecule has 4 rings (SSSR count).